The second-order valence-electron chi connectivity index (χ2n) is 5.17. The Hall–Kier alpha value is -0.970. The van der Waals surface area contributed by atoms with Gasteiger partial charge in [-0.15, -0.1) is 0 Å². The lowest BCUT2D eigenvalue weighted by Gasteiger charge is -2.20. The Labute approximate surface area is 100 Å². The Morgan fingerprint density at radius 3 is 2.31 bits per heavy atom. The zero-order valence-electron chi connectivity index (χ0n) is 9.53. The lowest BCUT2D eigenvalue weighted by Crippen LogP contribution is -2.37. The summed E-state index contributed by atoms with van der Waals surface area (Å²) in [6, 6.07) is 0. The second-order valence-corrected chi connectivity index (χ2v) is 5.70. The number of carbonyl (C=O) groups excluding carboxylic acids is 2. The van der Waals surface area contributed by atoms with Gasteiger partial charge in [0.15, 0.2) is 0 Å². The molecule has 0 aromatic carbocycles. The second kappa shape index (κ2) is 3.52. The minimum atomic E-state index is -0.117. The minimum Gasteiger partial charge on any atom is -0.393 e. The molecule has 2 unspecified atom stereocenters. The standard InChI is InChI=1S/C11H16N2O2S/c1-11(2)7-8(11)10(15)13(9(7)14)5-3-4-6(12)16/h7-8H,3-5H2,1-2H3,(H2,12,16). The van der Waals surface area contributed by atoms with Crippen LogP contribution in [0.3, 0.4) is 0 Å². The molecule has 0 aromatic heterocycles. The van der Waals surface area contributed by atoms with E-state index in [9.17, 15) is 9.59 Å². The number of thiocarbonyl (C=S) groups is 1. The maximum absolute atomic E-state index is 11.9. The summed E-state index contributed by atoms with van der Waals surface area (Å²) < 4.78 is 0. The van der Waals surface area contributed by atoms with Crippen LogP contribution in [0.1, 0.15) is 26.7 Å². The molecular formula is C11H16N2O2S. The van der Waals surface area contributed by atoms with E-state index in [0.29, 0.717) is 24.4 Å². The number of carbonyl (C=O) groups is 2. The van der Waals surface area contributed by atoms with Crippen LogP contribution in [-0.2, 0) is 9.59 Å². The van der Waals surface area contributed by atoms with E-state index in [2.05, 4.69) is 0 Å². The summed E-state index contributed by atoms with van der Waals surface area (Å²) in [7, 11) is 0. The van der Waals surface area contributed by atoms with Crippen LogP contribution in [0.15, 0.2) is 0 Å². The molecule has 1 heterocycles. The maximum Gasteiger partial charge on any atom is 0.233 e. The van der Waals surface area contributed by atoms with Crippen molar-refractivity contribution in [1.82, 2.24) is 4.90 Å². The molecule has 1 saturated carbocycles. The normalized spacial score (nSPS) is 30.5. The molecule has 88 valence electrons. The Morgan fingerprint density at radius 1 is 1.38 bits per heavy atom. The van der Waals surface area contributed by atoms with E-state index in [1.54, 1.807) is 0 Å². The number of likely N-dealkylation sites (tertiary alicyclic amines) is 1. The fraction of sp³-hybridized carbons (Fsp3) is 0.727. The third-order valence-electron chi connectivity index (χ3n) is 3.70. The first-order chi connectivity index (χ1) is 7.37. The molecule has 16 heavy (non-hydrogen) atoms. The number of rotatable bonds is 4. The minimum absolute atomic E-state index is 0.0112. The van der Waals surface area contributed by atoms with Crippen molar-refractivity contribution >= 4 is 29.0 Å². The van der Waals surface area contributed by atoms with Gasteiger partial charge in [0, 0.05) is 6.54 Å². The predicted octanol–water partition coefficient (Wildman–Crippen LogP) is 0.694. The third-order valence-corrected chi connectivity index (χ3v) is 3.90. The summed E-state index contributed by atoms with van der Waals surface area (Å²) >= 11 is 4.75. The van der Waals surface area contributed by atoms with Gasteiger partial charge < -0.3 is 5.73 Å². The summed E-state index contributed by atoms with van der Waals surface area (Å²) in [5.74, 6) is -0.180. The van der Waals surface area contributed by atoms with Gasteiger partial charge in [-0.05, 0) is 18.3 Å². The summed E-state index contributed by atoms with van der Waals surface area (Å²) in [5, 5.41) is 0. The molecule has 2 atom stereocenters. The average molecular weight is 240 g/mol. The van der Waals surface area contributed by atoms with Crippen molar-refractivity contribution in [3.63, 3.8) is 0 Å². The first-order valence-corrected chi connectivity index (χ1v) is 5.91. The van der Waals surface area contributed by atoms with E-state index in [0.717, 1.165) is 0 Å². The van der Waals surface area contributed by atoms with Crippen molar-refractivity contribution in [3.8, 4) is 0 Å². The van der Waals surface area contributed by atoms with E-state index in [1.165, 1.54) is 4.90 Å². The van der Waals surface area contributed by atoms with Gasteiger partial charge in [-0.2, -0.15) is 0 Å². The molecule has 1 aliphatic carbocycles. The number of hydrogen-bond acceptors (Lipinski definition) is 3. The molecule has 0 bridgehead atoms. The monoisotopic (exact) mass is 240 g/mol. The Balaban J connectivity index is 1.93. The molecule has 5 heteroatoms. The van der Waals surface area contributed by atoms with Crippen molar-refractivity contribution in [2.75, 3.05) is 6.54 Å². The summed E-state index contributed by atoms with van der Waals surface area (Å²) in [6.07, 6.45) is 1.26. The molecule has 1 aliphatic heterocycles. The highest BCUT2D eigenvalue weighted by Crippen LogP contribution is 2.63. The lowest BCUT2D eigenvalue weighted by molar-refractivity contribution is -0.143. The van der Waals surface area contributed by atoms with E-state index >= 15 is 0 Å². The number of piperidine rings is 1. The highest BCUT2D eigenvalue weighted by molar-refractivity contribution is 7.80. The molecule has 2 aliphatic rings. The molecule has 2 amide bonds. The number of nitrogens with two attached hydrogens (primary N) is 1. The van der Waals surface area contributed by atoms with Crippen molar-refractivity contribution in [1.29, 1.82) is 0 Å². The smallest absolute Gasteiger partial charge is 0.233 e. The van der Waals surface area contributed by atoms with Crippen LogP contribution >= 0.6 is 12.2 Å². The Bertz CT molecular complexity index is 354. The van der Waals surface area contributed by atoms with Crippen molar-refractivity contribution in [3.05, 3.63) is 0 Å². The first-order valence-electron chi connectivity index (χ1n) is 5.51. The number of hydrogen-bond donors (Lipinski definition) is 1. The fourth-order valence-corrected chi connectivity index (χ4v) is 2.78. The van der Waals surface area contributed by atoms with E-state index in [-0.39, 0.29) is 29.1 Å². The SMILES string of the molecule is CC1(C)C2C(=O)N(CCCC(N)=S)C(=O)C21. The molecule has 1 saturated heterocycles. The van der Waals surface area contributed by atoms with Crippen LogP contribution < -0.4 is 5.73 Å². The van der Waals surface area contributed by atoms with Crippen LogP contribution in [0.4, 0.5) is 0 Å². The fourth-order valence-electron chi connectivity index (χ4n) is 2.64. The van der Waals surface area contributed by atoms with Gasteiger partial charge in [0.25, 0.3) is 0 Å². The largest absolute Gasteiger partial charge is 0.393 e. The van der Waals surface area contributed by atoms with Gasteiger partial charge >= 0.3 is 0 Å². The first kappa shape index (κ1) is 11.5. The van der Waals surface area contributed by atoms with Gasteiger partial charge in [-0.25, -0.2) is 0 Å². The Kier molecular flexibility index (Phi) is 2.53. The van der Waals surface area contributed by atoms with E-state index in [1.807, 2.05) is 13.8 Å². The molecule has 0 aromatic rings. The van der Waals surface area contributed by atoms with E-state index in [4.69, 9.17) is 18.0 Å². The summed E-state index contributed by atoms with van der Waals surface area (Å²) in [6.45, 7) is 4.41. The highest BCUT2D eigenvalue weighted by atomic mass is 32.1. The topological polar surface area (TPSA) is 63.4 Å². The lowest BCUT2D eigenvalue weighted by atomic mass is 10.1. The maximum atomic E-state index is 11.9. The molecule has 2 rings (SSSR count). The molecular weight excluding hydrogens is 224 g/mol. The summed E-state index contributed by atoms with van der Waals surface area (Å²) in [4.78, 5) is 25.6. The quantitative estimate of drug-likeness (QED) is 0.580. The van der Waals surface area contributed by atoms with Crippen LogP contribution in [0.25, 0.3) is 0 Å². The molecule has 0 spiro atoms. The zero-order valence-corrected chi connectivity index (χ0v) is 10.3. The molecule has 0 radical (unpaired) electrons. The zero-order chi connectivity index (χ0) is 12.1. The van der Waals surface area contributed by atoms with Crippen molar-refractivity contribution in [2.24, 2.45) is 23.0 Å². The van der Waals surface area contributed by atoms with Gasteiger partial charge in [-0.3, -0.25) is 14.5 Å². The Morgan fingerprint density at radius 2 is 1.88 bits per heavy atom. The van der Waals surface area contributed by atoms with Crippen LogP contribution in [0.5, 0.6) is 0 Å². The van der Waals surface area contributed by atoms with Crippen molar-refractivity contribution in [2.45, 2.75) is 26.7 Å². The summed E-state index contributed by atoms with van der Waals surface area (Å²) in [5.41, 5.74) is 5.25. The number of imide groups is 1. The number of amides is 2. The van der Waals surface area contributed by atoms with Crippen LogP contribution in [0, 0.1) is 17.3 Å². The van der Waals surface area contributed by atoms with Crippen molar-refractivity contribution < 1.29 is 9.59 Å². The molecule has 2 N–H and O–H groups in total. The van der Waals surface area contributed by atoms with Gasteiger partial charge in [-0.1, -0.05) is 26.1 Å². The van der Waals surface area contributed by atoms with Gasteiger partial charge in [0.1, 0.15) is 0 Å². The van der Waals surface area contributed by atoms with Crippen LogP contribution in [0.2, 0.25) is 0 Å². The van der Waals surface area contributed by atoms with Gasteiger partial charge in [0.2, 0.25) is 11.8 Å². The predicted molar refractivity (Wildman–Crippen MR) is 63.5 cm³/mol. The van der Waals surface area contributed by atoms with E-state index < -0.39 is 0 Å². The molecule has 2 fully saturated rings. The number of nitrogens with zero attached hydrogens (tertiary/aromatic N) is 1. The highest BCUT2D eigenvalue weighted by Gasteiger charge is 2.72. The molecule has 4 nitrogen and oxygen atoms in total. The van der Waals surface area contributed by atoms with Gasteiger partial charge in [0.05, 0.1) is 16.8 Å². The average Bonchev–Trinajstić information content (AvgIpc) is 2.62. The number of fused-ring (bicyclic) bond motifs is 1. The third kappa shape index (κ3) is 1.54. The van der Waals surface area contributed by atoms with Crippen LogP contribution in [-0.4, -0.2) is 28.2 Å².